The molecule has 19 heavy (non-hydrogen) atoms. The third-order valence-corrected chi connectivity index (χ3v) is 3.93. The van der Waals surface area contributed by atoms with Crippen molar-refractivity contribution in [1.29, 1.82) is 0 Å². The molecule has 106 valence electrons. The SMILES string of the molecule is CCNC(c1ccncc1F)C1(OCC)CCCC1. The van der Waals surface area contributed by atoms with Crippen LogP contribution in [0.2, 0.25) is 0 Å². The smallest absolute Gasteiger partial charge is 0.146 e. The van der Waals surface area contributed by atoms with Crippen molar-refractivity contribution < 1.29 is 9.13 Å². The lowest BCUT2D eigenvalue weighted by Crippen LogP contribution is -2.44. The molecule has 1 N–H and O–H groups in total. The Morgan fingerprint density at radius 3 is 2.74 bits per heavy atom. The highest BCUT2D eigenvalue weighted by Crippen LogP contribution is 2.43. The fourth-order valence-corrected chi connectivity index (χ4v) is 3.18. The van der Waals surface area contributed by atoms with E-state index in [0.29, 0.717) is 12.2 Å². The van der Waals surface area contributed by atoms with Crippen molar-refractivity contribution in [2.75, 3.05) is 13.2 Å². The maximum absolute atomic E-state index is 14.1. The van der Waals surface area contributed by atoms with Crippen LogP contribution in [0.1, 0.15) is 51.1 Å². The van der Waals surface area contributed by atoms with Gasteiger partial charge in [0, 0.05) is 18.4 Å². The van der Waals surface area contributed by atoms with E-state index >= 15 is 0 Å². The predicted molar refractivity (Wildman–Crippen MR) is 73.4 cm³/mol. The first-order chi connectivity index (χ1) is 9.23. The van der Waals surface area contributed by atoms with Gasteiger partial charge in [-0.15, -0.1) is 0 Å². The van der Waals surface area contributed by atoms with Crippen LogP contribution in [0.25, 0.3) is 0 Å². The van der Waals surface area contributed by atoms with Crippen molar-refractivity contribution >= 4 is 0 Å². The summed E-state index contributed by atoms with van der Waals surface area (Å²) in [7, 11) is 0. The molecule has 0 spiro atoms. The molecule has 1 fully saturated rings. The van der Waals surface area contributed by atoms with Gasteiger partial charge in [-0.2, -0.15) is 0 Å². The van der Waals surface area contributed by atoms with Crippen molar-refractivity contribution in [1.82, 2.24) is 10.3 Å². The van der Waals surface area contributed by atoms with Crippen molar-refractivity contribution in [3.05, 3.63) is 29.8 Å². The highest BCUT2D eigenvalue weighted by molar-refractivity contribution is 5.22. The molecule has 0 aliphatic heterocycles. The van der Waals surface area contributed by atoms with Crippen LogP contribution in [0.5, 0.6) is 0 Å². The Labute approximate surface area is 114 Å². The zero-order valence-corrected chi connectivity index (χ0v) is 11.8. The molecular formula is C15H23FN2O. The van der Waals surface area contributed by atoms with Crippen molar-refractivity contribution in [3.63, 3.8) is 0 Å². The quantitative estimate of drug-likeness (QED) is 0.858. The first kappa shape index (κ1) is 14.4. The van der Waals surface area contributed by atoms with Crippen molar-refractivity contribution in [2.45, 2.75) is 51.2 Å². The van der Waals surface area contributed by atoms with Crippen LogP contribution in [0.3, 0.4) is 0 Å². The third-order valence-electron chi connectivity index (χ3n) is 3.93. The van der Waals surface area contributed by atoms with E-state index in [1.54, 1.807) is 12.3 Å². The van der Waals surface area contributed by atoms with Gasteiger partial charge in [0.2, 0.25) is 0 Å². The van der Waals surface area contributed by atoms with Crippen LogP contribution in [0.4, 0.5) is 4.39 Å². The standard InChI is InChI=1S/C15H23FN2O/c1-3-18-14(12-7-10-17-11-13(12)16)15(19-4-2)8-5-6-9-15/h7,10-11,14,18H,3-6,8-9H2,1-2H3. The minimum atomic E-state index is -0.271. The van der Waals surface area contributed by atoms with Gasteiger partial charge in [-0.25, -0.2) is 4.39 Å². The molecule has 1 unspecified atom stereocenters. The number of ether oxygens (including phenoxy) is 1. The van der Waals surface area contributed by atoms with E-state index in [-0.39, 0.29) is 17.5 Å². The van der Waals surface area contributed by atoms with E-state index in [9.17, 15) is 4.39 Å². The Kier molecular flexibility index (Phi) is 4.88. The summed E-state index contributed by atoms with van der Waals surface area (Å²) >= 11 is 0. The maximum Gasteiger partial charge on any atom is 0.146 e. The first-order valence-electron chi connectivity index (χ1n) is 7.20. The van der Waals surface area contributed by atoms with Crippen LogP contribution >= 0.6 is 0 Å². The lowest BCUT2D eigenvalue weighted by Gasteiger charge is -2.38. The van der Waals surface area contributed by atoms with Gasteiger partial charge < -0.3 is 10.1 Å². The lowest BCUT2D eigenvalue weighted by molar-refractivity contribution is -0.0630. The summed E-state index contributed by atoms with van der Waals surface area (Å²) in [6.45, 7) is 5.50. The number of nitrogens with one attached hydrogen (secondary N) is 1. The van der Waals surface area contributed by atoms with E-state index in [4.69, 9.17) is 4.74 Å². The summed E-state index contributed by atoms with van der Waals surface area (Å²) in [6.07, 6.45) is 7.20. The van der Waals surface area contributed by atoms with Gasteiger partial charge in [-0.05, 0) is 32.4 Å². The maximum atomic E-state index is 14.1. The van der Waals surface area contributed by atoms with Crippen molar-refractivity contribution in [3.8, 4) is 0 Å². The number of nitrogens with zero attached hydrogens (tertiary/aromatic N) is 1. The van der Waals surface area contributed by atoms with E-state index in [1.165, 1.54) is 6.20 Å². The molecule has 1 aromatic rings. The minimum absolute atomic E-state index is 0.0945. The van der Waals surface area contributed by atoms with Gasteiger partial charge in [0.1, 0.15) is 5.82 Å². The molecule has 1 aromatic heterocycles. The molecule has 1 aliphatic carbocycles. The highest BCUT2D eigenvalue weighted by atomic mass is 19.1. The number of rotatable bonds is 6. The summed E-state index contributed by atoms with van der Waals surface area (Å²) < 4.78 is 20.1. The van der Waals surface area contributed by atoms with Crippen LogP contribution in [-0.2, 0) is 4.74 Å². The van der Waals surface area contributed by atoms with Gasteiger partial charge in [-0.1, -0.05) is 19.8 Å². The fourth-order valence-electron chi connectivity index (χ4n) is 3.18. The van der Waals surface area contributed by atoms with Crippen LogP contribution in [0.15, 0.2) is 18.5 Å². The Hall–Kier alpha value is -1.00. The average Bonchev–Trinajstić information content (AvgIpc) is 2.87. The molecular weight excluding hydrogens is 243 g/mol. The second kappa shape index (κ2) is 6.44. The Bertz CT molecular complexity index is 405. The largest absolute Gasteiger partial charge is 0.373 e. The molecule has 1 aliphatic rings. The molecule has 0 radical (unpaired) electrons. The molecule has 0 saturated heterocycles. The van der Waals surface area contributed by atoms with Gasteiger partial charge in [0.25, 0.3) is 0 Å². The third kappa shape index (κ3) is 2.95. The van der Waals surface area contributed by atoms with E-state index in [1.807, 2.05) is 13.8 Å². The summed E-state index contributed by atoms with van der Waals surface area (Å²) in [4.78, 5) is 3.84. The molecule has 3 nitrogen and oxygen atoms in total. The second-order valence-electron chi connectivity index (χ2n) is 5.09. The minimum Gasteiger partial charge on any atom is -0.373 e. The van der Waals surface area contributed by atoms with Gasteiger partial charge >= 0.3 is 0 Å². The summed E-state index contributed by atoms with van der Waals surface area (Å²) in [5, 5.41) is 3.41. The van der Waals surface area contributed by atoms with Crippen LogP contribution in [-0.4, -0.2) is 23.7 Å². The first-order valence-corrected chi connectivity index (χ1v) is 7.20. The lowest BCUT2D eigenvalue weighted by atomic mass is 9.86. The molecule has 1 heterocycles. The average molecular weight is 266 g/mol. The molecule has 1 atom stereocenters. The number of halogens is 1. The van der Waals surface area contributed by atoms with Crippen molar-refractivity contribution in [2.24, 2.45) is 0 Å². The molecule has 0 aromatic carbocycles. The monoisotopic (exact) mass is 266 g/mol. The summed E-state index contributed by atoms with van der Waals surface area (Å²) in [5.74, 6) is -0.251. The number of hydrogen-bond acceptors (Lipinski definition) is 3. The van der Waals surface area contributed by atoms with E-state index in [2.05, 4.69) is 10.3 Å². The topological polar surface area (TPSA) is 34.2 Å². The normalized spacial score (nSPS) is 19.5. The van der Waals surface area contributed by atoms with E-state index < -0.39 is 0 Å². The molecule has 1 saturated carbocycles. The van der Waals surface area contributed by atoms with E-state index in [0.717, 1.165) is 32.2 Å². The molecule has 0 bridgehead atoms. The number of pyridine rings is 1. The molecule has 2 rings (SSSR count). The van der Waals surface area contributed by atoms with Crippen LogP contribution < -0.4 is 5.32 Å². The number of likely N-dealkylation sites (N-methyl/N-ethyl adjacent to an activating group) is 1. The van der Waals surface area contributed by atoms with Crippen LogP contribution in [0, 0.1) is 5.82 Å². The van der Waals surface area contributed by atoms with Gasteiger partial charge in [0.05, 0.1) is 17.8 Å². The van der Waals surface area contributed by atoms with Gasteiger partial charge in [-0.3, -0.25) is 4.98 Å². The second-order valence-corrected chi connectivity index (χ2v) is 5.09. The zero-order valence-electron chi connectivity index (χ0n) is 11.8. The zero-order chi connectivity index (χ0) is 13.7. The Morgan fingerprint density at radius 1 is 1.42 bits per heavy atom. The Morgan fingerprint density at radius 2 is 2.16 bits per heavy atom. The summed E-state index contributed by atoms with van der Waals surface area (Å²) in [5.41, 5.74) is 0.402. The van der Waals surface area contributed by atoms with Gasteiger partial charge in [0.15, 0.2) is 0 Å². The highest BCUT2D eigenvalue weighted by Gasteiger charge is 2.43. The fraction of sp³-hybridized carbons (Fsp3) is 0.667. The number of aromatic nitrogens is 1. The Balaban J connectivity index is 2.35. The summed E-state index contributed by atoms with van der Waals surface area (Å²) in [6, 6.07) is 1.67. The molecule has 0 amide bonds. The molecule has 4 heteroatoms. The number of hydrogen-bond donors (Lipinski definition) is 1. The predicted octanol–water partition coefficient (Wildman–Crippen LogP) is 3.22.